The Morgan fingerprint density at radius 1 is 0.935 bits per heavy atom. The van der Waals surface area contributed by atoms with Gasteiger partial charge in [0, 0.05) is 5.69 Å². The first kappa shape index (κ1) is 22.4. The third-order valence-corrected chi connectivity index (χ3v) is 5.92. The number of para-hydroxylation sites is 1. The van der Waals surface area contributed by atoms with Crippen LogP contribution < -0.4 is 14.8 Å². The van der Waals surface area contributed by atoms with Crippen molar-refractivity contribution < 1.29 is 17.9 Å². The van der Waals surface area contributed by atoms with Gasteiger partial charge < -0.3 is 10.1 Å². The number of rotatable bonds is 7. The van der Waals surface area contributed by atoms with Crippen molar-refractivity contribution in [2.45, 2.75) is 38.7 Å². The standard InChI is InChI=1S/C24H26N2O4S/c1-16(2)30-23-8-6-5-7-21(23)24(27)25-19-10-12-20(13-11-19)31(28,29)26-22-14-9-17(3)15-18(22)4/h5-16,26H,1-4H3,(H,25,27). The fraction of sp³-hybridized carbons (Fsp3) is 0.208. The van der Waals surface area contributed by atoms with Gasteiger partial charge in [-0.25, -0.2) is 8.42 Å². The van der Waals surface area contributed by atoms with E-state index in [1.54, 1.807) is 42.5 Å². The molecule has 0 saturated heterocycles. The minimum Gasteiger partial charge on any atom is -0.490 e. The Hall–Kier alpha value is -3.32. The van der Waals surface area contributed by atoms with Crippen molar-refractivity contribution in [3.63, 3.8) is 0 Å². The molecule has 0 heterocycles. The number of benzene rings is 3. The number of sulfonamides is 1. The van der Waals surface area contributed by atoms with E-state index in [4.69, 9.17) is 4.74 Å². The molecule has 1 amide bonds. The van der Waals surface area contributed by atoms with Gasteiger partial charge in [0.2, 0.25) is 0 Å². The second-order valence-corrected chi connectivity index (χ2v) is 9.25. The number of anilines is 2. The van der Waals surface area contributed by atoms with Crippen LogP contribution in [0.5, 0.6) is 5.75 Å². The second-order valence-electron chi connectivity index (χ2n) is 7.57. The zero-order chi connectivity index (χ0) is 22.6. The van der Waals surface area contributed by atoms with Crippen LogP contribution in [0, 0.1) is 13.8 Å². The molecule has 0 radical (unpaired) electrons. The van der Waals surface area contributed by atoms with Crippen LogP contribution in [-0.4, -0.2) is 20.4 Å². The quantitative estimate of drug-likeness (QED) is 0.535. The number of aryl methyl sites for hydroxylation is 2. The van der Waals surface area contributed by atoms with Crippen LogP contribution in [0.4, 0.5) is 11.4 Å². The lowest BCUT2D eigenvalue weighted by Crippen LogP contribution is -2.16. The molecule has 0 bridgehead atoms. The molecule has 0 aliphatic carbocycles. The zero-order valence-electron chi connectivity index (χ0n) is 18.0. The Morgan fingerprint density at radius 3 is 2.26 bits per heavy atom. The summed E-state index contributed by atoms with van der Waals surface area (Å²) in [5, 5.41) is 2.78. The summed E-state index contributed by atoms with van der Waals surface area (Å²) in [7, 11) is -3.75. The summed E-state index contributed by atoms with van der Waals surface area (Å²) in [4.78, 5) is 12.8. The molecule has 7 heteroatoms. The van der Waals surface area contributed by atoms with E-state index in [0.29, 0.717) is 22.7 Å². The second kappa shape index (κ2) is 9.22. The predicted octanol–water partition coefficient (Wildman–Crippen LogP) is 5.14. The van der Waals surface area contributed by atoms with Gasteiger partial charge in [-0.1, -0.05) is 29.8 Å². The molecule has 0 aromatic heterocycles. The first-order chi connectivity index (χ1) is 14.7. The first-order valence-electron chi connectivity index (χ1n) is 9.93. The van der Waals surface area contributed by atoms with E-state index in [1.165, 1.54) is 12.1 Å². The predicted molar refractivity (Wildman–Crippen MR) is 123 cm³/mol. The number of carbonyl (C=O) groups excluding carboxylic acids is 1. The van der Waals surface area contributed by atoms with Crippen LogP contribution in [0.1, 0.15) is 35.3 Å². The van der Waals surface area contributed by atoms with Crippen LogP contribution in [0.15, 0.2) is 71.6 Å². The zero-order valence-corrected chi connectivity index (χ0v) is 18.8. The molecular formula is C24H26N2O4S. The highest BCUT2D eigenvalue weighted by molar-refractivity contribution is 7.92. The van der Waals surface area contributed by atoms with Gasteiger partial charge in [-0.05, 0) is 75.7 Å². The fourth-order valence-corrected chi connectivity index (χ4v) is 4.19. The Morgan fingerprint density at radius 2 is 1.61 bits per heavy atom. The van der Waals surface area contributed by atoms with Crippen LogP contribution >= 0.6 is 0 Å². The Balaban J connectivity index is 1.75. The maximum absolute atomic E-state index is 12.7. The average molecular weight is 439 g/mol. The number of hydrogen-bond donors (Lipinski definition) is 2. The number of hydrogen-bond acceptors (Lipinski definition) is 4. The number of amides is 1. The van der Waals surface area contributed by atoms with Crippen molar-refractivity contribution >= 4 is 27.3 Å². The molecule has 2 N–H and O–H groups in total. The minimum atomic E-state index is -3.75. The summed E-state index contributed by atoms with van der Waals surface area (Å²) in [5.74, 6) is 0.159. The van der Waals surface area contributed by atoms with E-state index in [9.17, 15) is 13.2 Å². The summed E-state index contributed by atoms with van der Waals surface area (Å²) in [5.41, 5.74) is 3.32. The minimum absolute atomic E-state index is 0.0666. The van der Waals surface area contributed by atoms with Gasteiger partial charge in [0.15, 0.2) is 0 Å². The molecule has 3 rings (SSSR count). The summed E-state index contributed by atoms with van der Waals surface area (Å²) in [6.45, 7) is 7.58. The monoisotopic (exact) mass is 438 g/mol. The van der Waals surface area contributed by atoms with Gasteiger partial charge >= 0.3 is 0 Å². The molecule has 31 heavy (non-hydrogen) atoms. The number of nitrogens with one attached hydrogen (secondary N) is 2. The highest BCUT2D eigenvalue weighted by Gasteiger charge is 2.17. The van der Waals surface area contributed by atoms with Crippen LogP contribution in [0.2, 0.25) is 0 Å². The van der Waals surface area contributed by atoms with Crippen LogP contribution in [0.25, 0.3) is 0 Å². The summed E-state index contributed by atoms with van der Waals surface area (Å²) < 4.78 is 33.8. The van der Waals surface area contributed by atoms with Gasteiger partial charge in [0.05, 0.1) is 22.3 Å². The molecule has 0 aliphatic heterocycles. The average Bonchev–Trinajstić information content (AvgIpc) is 2.70. The Kier molecular flexibility index (Phi) is 6.65. The summed E-state index contributed by atoms with van der Waals surface area (Å²) in [6, 6.07) is 18.5. The SMILES string of the molecule is Cc1ccc(NS(=O)(=O)c2ccc(NC(=O)c3ccccc3OC(C)C)cc2)c(C)c1. The van der Waals surface area contributed by atoms with Crippen molar-refractivity contribution in [3.8, 4) is 5.75 Å². The lowest BCUT2D eigenvalue weighted by Gasteiger charge is -2.14. The molecule has 0 unspecified atom stereocenters. The maximum atomic E-state index is 12.7. The van der Waals surface area contributed by atoms with E-state index in [2.05, 4.69) is 10.0 Å². The molecule has 3 aromatic rings. The summed E-state index contributed by atoms with van der Waals surface area (Å²) in [6.07, 6.45) is -0.0666. The van der Waals surface area contributed by atoms with E-state index >= 15 is 0 Å². The molecule has 0 fully saturated rings. The normalized spacial score (nSPS) is 11.3. The molecule has 0 atom stereocenters. The molecule has 3 aromatic carbocycles. The topological polar surface area (TPSA) is 84.5 Å². The lowest BCUT2D eigenvalue weighted by atomic mass is 10.1. The van der Waals surface area contributed by atoms with E-state index < -0.39 is 10.0 Å². The molecule has 0 aliphatic rings. The van der Waals surface area contributed by atoms with Crippen LogP contribution in [-0.2, 0) is 10.0 Å². The Bertz CT molecular complexity index is 1190. The van der Waals surface area contributed by atoms with Gasteiger partial charge in [-0.15, -0.1) is 0 Å². The lowest BCUT2D eigenvalue weighted by molar-refractivity contribution is 0.102. The molecule has 162 valence electrons. The highest BCUT2D eigenvalue weighted by Crippen LogP contribution is 2.23. The van der Waals surface area contributed by atoms with Crippen molar-refractivity contribution in [2.75, 3.05) is 10.0 Å². The van der Waals surface area contributed by atoms with Gasteiger partial charge in [0.1, 0.15) is 5.75 Å². The summed E-state index contributed by atoms with van der Waals surface area (Å²) >= 11 is 0. The van der Waals surface area contributed by atoms with Gasteiger partial charge in [0.25, 0.3) is 15.9 Å². The largest absolute Gasteiger partial charge is 0.490 e. The molecule has 0 spiro atoms. The number of carbonyl (C=O) groups is 1. The smallest absolute Gasteiger partial charge is 0.261 e. The van der Waals surface area contributed by atoms with Crippen molar-refractivity contribution in [1.82, 2.24) is 0 Å². The molecular weight excluding hydrogens is 412 g/mol. The van der Waals surface area contributed by atoms with Crippen molar-refractivity contribution in [2.24, 2.45) is 0 Å². The molecule has 6 nitrogen and oxygen atoms in total. The van der Waals surface area contributed by atoms with E-state index in [-0.39, 0.29) is 16.9 Å². The van der Waals surface area contributed by atoms with E-state index in [0.717, 1.165) is 11.1 Å². The first-order valence-corrected chi connectivity index (χ1v) is 11.4. The van der Waals surface area contributed by atoms with Crippen molar-refractivity contribution in [1.29, 1.82) is 0 Å². The van der Waals surface area contributed by atoms with Gasteiger partial charge in [-0.2, -0.15) is 0 Å². The number of ether oxygens (including phenoxy) is 1. The highest BCUT2D eigenvalue weighted by atomic mass is 32.2. The van der Waals surface area contributed by atoms with E-state index in [1.807, 2.05) is 39.8 Å². The fourth-order valence-electron chi connectivity index (χ4n) is 3.06. The molecule has 0 saturated carbocycles. The van der Waals surface area contributed by atoms with Crippen LogP contribution in [0.3, 0.4) is 0 Å². The van der Waals surface area contributed by atoms with Crippen molar-refractivity contribution in [3.05, 3.63) is 83.4 Å². The van der Waals surface area contributed by atoms with Gasteiger partial charge in [-0.3, -0.25) is 9.52 Å². The maximum Gasteiger partial charge on any atom is 0.261 e. The Labute approximate surface area is 183 Å². The third-order valence-electron chi connectivity index (χ3n) is 4.54. The third kappa shape index (κ3) is 5.64.